The molecule has 21 heavy (non-hydrogen) atoms. The van der Waals surface area contributed by atoms with Crippen LogP contribution < -0.4 is 0 Å². The number of carbonyl (C=O) groups excluding carboxylic acids is 1. The lowest BCUT2D eigenvalue weighted by molar-refractivity contribution is 0.0442. The summed E-state index contributed by atoms with van der Waals surface area (Å²) in [6.07, 6.45) is 0. The summed E-state index contributed by atoms with van der Waals surface area (Å²) in [6, 6.07) is 3.73. The second kappa shape index (κ2) is 6.95. The molecule has 1 aromatic carbocycles. The number of hydrogen-bond acceptors (Lipinski definition) is 3. The van der Waals surface area contributed by atoms with Crippen LogP contribution in [0, 0.1) is 11.6 Å². The van der Waals surface area contributed by atoms with Gasteiger partial charge in [0, 0.05) is 39.3 Å². The smallest absolute Gasteiger partial charge is 0.259 e. The minimum Gasteiger partial charge on any atom is -0.383 e. The topological polar surface area (TPSA) is 32.8 Å². The van der Waals surface area contributed by atoms with E-state index in [0.717, 1.165) is 12.1 Å². The molecule has 6 heteroatoms. The molecule has 1 heterocycles. The molecule has 1 aromatic rings. The zero-order valence-corrected chi connectivity index (χ0v) is 12.3. The molecule has 0 radical (unpaired) electrons. The van der Waals surface area contributed by atoms with Crippen molar-refractivity contribution in [3.63, 3.8) is 0 Å². The van der Waals surface area contributed by atoms with E-state index in [1.54, 1.807) is 7.11 Å². The van der Waals surface area contributed by atoms with Crippen LogP contribution in [0.1, 0.15) is 17.3 Å². The van der Waals surface area contributed by atoms with Crippen LogP contribution >= 0.6 is 0 Å². The first-order valence-corrected chi connectivity index (χ1v) is 7.01. The molecule has 1 atom stereocenters. The van der Waals surface area contributed by atoms with Gasteiger partial charge in [-0.05, 0) is 19.1 Å². The summed E-state index contributed by atoms with van der Waals surface area (Å²) in [5.74, 6) is -2.20. The van der Waals surface area contributed by atoms with Crippen LogP contribution in [0.2, 0.25) is 0 Å². The van der Waals surface area contributed by atoms with Crippen molar-refractivity contribution in [2.45, 2.75) is 13.0 Å². The van der Waals surface area contributed by atoms with Gasteiger partial charge < -0.3 is 9.64 Å². The fourth-order valence-corrected chi connectivity index (χ4v) is 2.57. The molecule has 1 fully saturated rings. The fourth-order valence-electron chi connectivity index (χ4n) is 2.57. The molecular weight excluding hydrogens is 278 g/mol. The average molecular weight is 298 g/mol. The van der Waals surface area contributed by atoms with E-state index in [1.165, 1.54) is 11.0 Å². The zero-order valence-electron chi connectivity index (χ0n) is 12.3. The van der Waals surface area contributed by atoms with E-state index >= 15 is 0 Å². The molecule has 0 aromatic heterocycles. The lowest BCUT2D eigenvalue weighted by Crippen LogP contribution is -2.52. The molecule has 1 amide bonds. The van der Waals surface area contributed by atoms with E-state index in [-0.39, 0.29) is 6.04 Å². The second-order valence-electron chi connectivity index (χ2n) is 5.23. The lowest BCUT2D eigenvalue weighted by atomic mass is 10.1. The number of piperazine rings is 1. The number of rotatable bonds is 4. The van der Waals surface area contributed by atoms with Crippen LogP contribution in [0.3, 0.4) is 0 Å². The maximum absolute atomic E-state index is 13.6. The molecular formula is C15H20F2N2O2. The minimum atomic E-state index is -0.810. The monoisotopic (exact) mass is 298 g/mol. The summed E-state index contributed by atoms with van der Waals surface area (Å²) in [6.45, 7) is 4.94. The van der Waals surface area contributed by atoms with E-state index in [2.05, 4.69) is 11.8 Å². The van der Waals surface area contributed by atoms with Crippen molar-refractivity contribution in [3.05, 3.63) is 35.4 Å². The van der Waals surface area contributed by atoms with Crippen LogP contribution in [-0.4, -0.2) is 61.6 Å². The Labute approximate surface area is 123 Å². The molecule has 2 rings (SSSR count). The molecule has 0 spiro atoms. The van der Waals surface area contributed by atoms with Gasteiger partial charge in [0.25, 0.3) is 5.91 Å². The van der Waals surface area contributed by atoms with Gasteiger partial charge in [0.1, 0.15) is 17.2 Å². The summed E-state index contributed by atoms with van der Waals surface area (Å²) >= 11 is 0. The number of benzene rings is 1. The predicted octanol–water partition coefficient (Wildman–Crippen LogP) is 1.76. The van der Waals surface area contributed by atoms with E-state index in [9.17, 15) is 13.6 Å². The Kier molecular flexibility index (Phi) is 5.25. The first-order valence-electron chi connectivity index (χ1n) is 7.01. The third-order valence-electron chi connectivity index (χ3n) is 3.81. The Hall–Kier alpha value is -1.53. The lowest BCUT2D eigenvalue weighted by Gasteiger charge is -2.37. The third-order valence-corrected chi connectivity index (χ3v) is 3.81. The highest BCUT2D eigenvalue weighted by Gasteiger charge is 2.27. The molecule has 116 valence electrons. The normalized spacial score (nSPS) is 17.8. The van der Waals surface area contributed by atoms with E-state index < -0.39 is 23.1 Å². The number of methoxy groups -OCH3 is 1. The van der Waals surface area contributed by atoms with Gasteiger partial charge in [-0.2, -0.15) is 0 Å². The molecule has 0 aliphatic carbocycles. The second-order valence-corrected chi connectivity index (χ2v) is 5.23. The quantitative estimate of drug-likeness (QED) is 0.849. The van der Waals surface area contributed by atoms with Crippen molar-refractivity contribution >= 4 is 5.91 Å². The zero-order chi connectivity index (χ0) is 15.4. The van der Waals surface area contributed by atoms with Gasteiger partial charge in [0.2, 0.25) is 0 Å². The van der Waals surface area contributed by atoms with Crippen LogP contribution in [0.5, 0.6) is 0 Å². The number of nitrogens with zero attached hydrogens (tertiary/aromatic N) is 2. The summed E-state index contributed by atoms with van der Waals surface area (Å²) in [7, 11) is 1.65. The number of hydrogen-bond donors (Lipinski definition) is 0. The highest BCUT2D eigenvalue weighted by Crippen LogP contribution is 2.16. The highest BCUT2D eigenvalue weighted by molar-refractivity contribution is 5.94. The Morgan fingerprint density at radius 2 is 1.81 bits per heavy atom. The summed E-state index contributed by atoms with van der Waals surface area (Å²) in [5.41, 5.74) is -0.462. The Balaban J connectivity index is 2.01. The van der Waals surface area contributed by atoms with Crippen molar-refractivity contribution in [2.24, 2.45) is 0 Å². The summed E-state index contributed by atoms with van der Waals surface area (Å²) in [5, 5.41) is 0. The van der Waals surface area contributed by atoms with Crippen molar-refractivity contribution in [3.8, 4) is 0 Å². The van der Waals surface area contributed by atoms with Gasteiger partial charge in [0.05, 0.1) is 6.61 Å². The highest BCUT2D eigenvalue weighted by atomic mass is 19.1. The van der Waals surface area contributed by atoms with Gasteiger partial charge in [0.15, 0.2) is 0 Å². The molecule has 0 saturated carbocycles. The number of ether oxygens (including phenoxy) is 1. The van der Waals surface area contributed by atoms with E-state index in [0.29, 0.717) is 32.8 Å². The Bertz CT molecular complexity index is 482. The maximum atomic E-state index is 13.6. The fraction of sp³-hybridized carbons (Fsp3) is 0.533. The standard InChI is InChI=1S/C15H20F2N2O2/c1-11(10-21-2)18-6-8-19(9-7-18)15(20)14-12(16)4-3-5-13(14)17/h3-5,11H,6-10H2,1-2H3. The van der Waals surface area contributed by atoms with Gasteiger partial charge in [-0.3, -0.25) is 9.69 Å². The average Bonchev–Trinajstić information content (AvgIpc) is 2.47. The maximum Gasteiger partial charge on any atom is 0.259 e. The summed E-state index contributed by atoms with van der Waals surface area (Å²) in [4.78, 5) is 15.9. The number of amides is 1. The molecule has 0 bridgehead atoms. The van der Waals surface area contributed by atoms with Gasteiger partial charge >= 0.3 is 0 Å². The van der Waals surface area contributed by atoms with Gasteiger partial charge in [-0.25, -0.2) is 8.78 Å². The summed E-state index contributed by atoms with van der Waals surface area (Å²) < 4.78 is 32.4. The van der Waals surface area contributed by atoms with Crippen LogP contribution in [0.25, 0.3) is 0 Å². The number of halogens is 2. The van der Waals surface area contributed by atoms with Crippen LogP contribution in [-0.2, 0) is 4.74 Å². The minimum absolute atomic E-state index is 0.262. The first-order chi connectivity index (χ1) is 10.0. The van der Waals surface area contributed by atoms with Crippen molar-refractivity contribution < 1.29 is 18.3 Å². The largest absolute Gasteiger partial charge is 0.383 e. The van der Waals surface area contributed by atoms with Crippen LogP contribution in [0.4, 0.5) is 8.78 Å². The molecule has 1 aliphatic rings. The molecule has 1 aliphatic heterocycles. The van der Waals surface area contributed by atoms with Crippen molar-refractivity contribution in [2.75, 3.05) is 39.9 Å². The predicted molar refractivity (Wildman–Crippen MR) is 75.2 cm³/mol. The van der Waals surface area contributed by atoms with E-state index in [1.807, 2.05) is 0 Å². The molecule has 1 unspecified atom stereocenters. The third kappa shape index (κ3) is 3.57. The SMILES string of the molecule is COCC(C)N1CCN(C(=O)c2c(F)cccc2F)CC1. The van der Waals surface area contributed by atoms with Gasteiger partial charge in [-0.1, -0.05) is 6.07 Å². The Morgan fingerprint density at radius 1 is 1.24 bits per heavy atom. The van der Waals surface area contributed by atoms with Crippen LogP contribution in [0.15, 0.2) is 18.2 Å². The first kappa shape index (κ1) is 15.9. The Morgan fingerprint density at radius 3 is 2.33 bits per heavy atom. The number of carbonyl (C=O) groups is 1. The van der Waals surface area contributed by atoms with Crippen molar-refractivity contribution in [1.82, 2.24) is 9.80 Å². The van der Waals surface area contributed by atoms with Gasteiger partial charge in [-0.15, -0.1) is 0 Å². The van der Waals surface area contributed by atoms with Crippen molar-refractivity contribution in [1.29, 1.82) is 0 Å². The molecule has 1 saturated heterocycles. The molecule has 0 N–H and O–H groups in total. The molecule has 4 nitrogen and oxygen atoms in total. The van der Waals surface area contributed by atoms with E-state index in [4.69, 9.17) is 4.74 Å².